The molecular formula is C20H20O5. The molecule has 0 aliphatic rings. The zero-order chi connectivity index (χ0) is 18.1. The fourth-order valence-corrected chi connectivity index (χ4v) is 2.68. The maximum absolute atomic E-state index is 12.5. The third-order valence-corrected chi connectivity index (χ3v) is 4.09. The molecule has 0 saturated heterocycles. The third kappa shape index (κ3) is 5.17. The van der Waals surface area contributed by atoms with Gasteiger partial charge in [0.25, 0.3) is 0 Å². The van der Waals surface area contributed by atoms with E-state index in [1.165, 1.54) is 0 Å². The van der Waals surface area contributed by atoms with E-state index in [4.69, 9.17) is 5.26 Å². The van der Waals surface area contributed by atoms with Crippen LogP contribution in [0.2, 0.25) is 0 Å². The molecule has 2 atom stereocenters. The Morgan fingerprint density at radius 3 is 1.88 bits per heavy atom. The van der Waals surface area contributed by atoms with E-state index >= 15 is 0 Å². The lowest BCUT2D eigenvalue weighted by molar-refractivity contribution is -0.248. The molecule has 0 aromatic heterocycles. The number of hydrogen-bond acceptors (Lipinski definition) is 5. The van der Waals surface area contributed by atoms with E-state index in [2.05, 4.69) is 4.89 Å². The Kier molecular flexibility index (Phi) is 7.19. The highest BCUT2D eigenvalue weighted by molar-refractivity contribution is 6.05. The molecule has 0 radical (unpaired) electrons. The number of carbonyl (C=O) groups is 3. The minimum absolute atomic E-state index is 0.182. The monoisotopic (exact) mass is 340 g/mol. The number of Topliss-reactive ketones (excluding diaryl/α,β-unsaturated/α-hetero) is 2. The molecule has 2 aromatic rings. The van der Waals surface area contributed by atoms with Gasteiger partial charge in [-0.05, 0) is 12.8 Å². The Hall–Kier alpha value is -2.63. The molecule has 5 heteroatoms. The van der Waals surface area contributed by atoms with Crippen molar-refractivity contribution in [3.05, 3.63) is 71.8 Å². The summed E-state index contributed by atoms with van der Waals surface area (Å²) in [5, 5.41) is 8.75. The summed E-state index contributed by atoms with van der Waals surface area (Å²) in [6.07, 6.45) is 1.08. The Labute approximate surface area is 146 Å². The molecule has 2 aromatic carbocycles. The van der Waals surface area contributed by atoms with E-state index in [0.717, 1.165) is 0 Å². The zero-order valence-corrected chi connectivity index (χ0v) is 13.7. The SMILES string of the molecule is O=CC(CCC(COO)C(=O)c1ccccc1)C(=O)c1ccccc1. The van der Waals surface area contributed by atoms with Crippen molar-refractivity contribution in [3.8, 4) is 0 Å². The van der Waals surface area contributed by atoms with Crippen LogP contribution in [-0.4, -0.2) is 29.7 Å². The van der Waals surface area contributed by atoms with E-state index in [0.29, 0.717) is 17.4 Å². The quantitative estimate of drug-likeness (QED) is 0.235. The second-order valence-electron chi connectivity index (χ2n) is 5.77. The van der Waals surface area contributed by atoms with Crippen molar-refractivity contribution >= 4 is 17.9 Å². The molecule has 5 nitrogen and oxygen atoms in total. The molecule has 0 bridgehead atoms. The molecule has 0 aliphatic heterocycles. The predicted octanol–water partition coefficient (Wildman–Crippen LogP) is 3.45. The fraction of sp³-hybridized carbons (Fsp3) is 0.250. The van der Waals surface area contributed by atoms with Gasteiger partial charge in [0.2, 0.25) is 0 Å². The van der Waals surface area contributed by atoms with Gasteiger partial charge in [-0.15, -0.1) is 0 Å². The van der Waals surface area contributed by atoms with Crippen LogP contribution in [0.25, 0.3) is 0 Å². The Balaban J connectivity index is 2.05. The molecule has 0 fully saturated rings. The van der Waals surface area contributed by atoms with Crippen LogP contribution in [0.3, 0.4) is 0 Å². The Bertz CT molecular complexity index is 697. The highest BCUT2D eigenvalue weighted by atomic mass is 17.1. The number of benzene rings is 2. The van der Waals surface area contributed by atoms with Crippen molar-refractivity contribution in [1.29, 1.82) is 0 Å². The summed E-state index contributed by atoms with van der Waals surface area (Å²) in [6.45, 7) is -0.182. The summed E-state index contributed by atoms with van der Waals surface area (Å²) in [5.74, 6) is -1.91. The minimum Gasteiger partial charge on any atom is -0.303 e. The average molecular weight is 340 g/mol. The predicted molar refractivity (Wildman–Crippen MR) is 92.4 cm³/mol. The Morgan fingerprint density at radius 1 is 0.880 bits per heavy atom. The summed E-state index contributed by atoms with van der Waals surface area (Å²) in [7, 11) is 0. The largest absolute Gasteiger partial charge is 0.303 e. The first-order chi connectivity index (χ1) is 12.2. The van der Waals surface area contributed by atoms with Gasteiger partial charge in [0.05, 0.1) is 12.5 Å². The van der Waals surface area contributed by atoms with Crippen LogP contribution in [0, 0.1) is 11.8 Å². The number of hydrogen-bond donors (Lipinski definition) is 1. The van der Waals surface area contributed by atoms with Crippen molar-refractivity contribution in [1.82, 2.24) is 0 Å². The summed E-state index contributed by atoms with van der Waals surface area (Å²) >= 11 is 0. The van der Waals surface area contributed by atoms with Crippen LogP contribution in [0.4, 0.5) is 0 Å². The molecule has 2 rings (SSSR count). The summed E-state index contributed by atoms with van der Waals surface area (Å²) in [6, 6.07) is 17.2. The summed E-state index contributed by atoms with van der Waals surface area (Å²) < 4.78 is 0. The van der Waals surface area contributed by atoms with Crippen molar-refractivity contribution in [2.45, 2.75) is 12.8 Å². The van der Waals surface area contributed by atoms with Gasteiger partial charge >= 0.3 is 0 Å². The van der Waals surface area contributed by atoms with Gasteiger partial charge in [-0.2, -0.15) is 0 Å². The molecule has 25 heavy (non-hydrogen) atoms. The number of ketones is 2. The molecular weight excluding hydrogens is 320 g/mol. The van der Waals surface area contributed by atoms with E-state index in [-0.39, 0.29) is 31.0 Å². The van der Waals surface area contributed by atoms with Crippen molar-refractivity contribution in [2.24, 2.45) is 11.8 Å². The lowest BCUT2D eigenvalue weighted by Crippen LogP contribution is -2.23. The molecule has 0 heterocycles. The Morgan fingerprint density at radius 2 is 1.40 bits per heavy atom. The second kappa shape index (κ2) is 9.61. The average Bonchev–Trinajstić information content (AvgIpc) is 2.68. The maximum atomic E-state index is 12.5. The van der Waals surface area contributed by atoms with Gasteiger partial charge in [0.15, 0.2) is 11.6 Å². The normalized spacial score (nSPS) is 13.0. The van der Waals surface area contributed by atoms with Crippen LogP contribution in [0.5, 0.6) is 0 Å². The highest BCUT2D eigenvalue weighted by Crippen LogP contribution is 2.20. The minimum atomic E-state index is -0.827. The van der Waals surface area contributed by atoms with Gasteiger partial charge in [0.1, 0.15) is 6.29 Å². The van der Waals surface area contributed by atoms with Gasteiger partial charge < -0.3 is 4.79 Å². The van der Waals surface area contributed by atoms with Gasteiger partial charge in [-0.1, -0.05) is 60.7 Å². The first-order valence-electron chi connectivity index (χ1n) is 8.07. The van der Waals surface area contributed by atoms with Crippen LogP contribution in [0.15, 0.2) is 60.7 Å². The van der Waals surface area contributed by atoms with Crippen molar-refractivity contribution in [2.75, 3.05) is 6.61 Å². The first kappa shape index (κ1) is 18.7. The van der Waals surface area contributed by atoms with E-state index in [9.17, 15) is 14.4 Å². The topological polar surface area (TPSA) is 80.7 Å². The van der Waals surface area contributed by atoms with E-state index in [1.54, 1.807) is 60.7 Å². The smallest absolute Gasteiger partial charge is 0.173 e. The molecule has 0 aliphatic carbocycles. The van der Waals surface area contributed by atoms with Crippen LogP contribution >= 0.6 is 0 Å². The lowest BCUT2D eigenvalue weighted by Gasteiger charge is -2.16. The number of rotatable bonds is 10. The van der Waals surface area contributed by atoms with Crippen LogP contribution < -0.4 is 0 Å². The van der Waals surface area contributed by atoms with Gasteiger partial charge in [-0.25, -0.2) is 4.89 Å². The maximum Gasteiger partial charge on any atom is 0.173 e. The highest BCUT2D eigenvalue weighted by Gasteiger charge is 2.25. The summed E-state index contributed by atoms with van der Waals surface area (Å²) in [5.41, 5.74) is 0.963. The number of aldehydes is 1. The fourth-order valence-electron chi connectivity index (χ4n) is 2.68. The molecule has 130 valence electrons. The molecule has 1 N–H and O–H groups in total. The second-order valence-corrected chi connectivity index (χ2v) is 5.77. The lowest BCUT2D eigenvalue weighted by atomic mass is 9.88. The standard InChI is InChI=1S/C20H20O5/c21-13-17(19(22)15-7-3-1-4-8-15)11-12-18(14-25-24)20(23)16-9-5-2-6-10-16/h1-10,13,17-18,24H,11-12,14H2. The molecule has 0 amide bonds. The van der Waals surface area contributed by atoms with Gasteiger partial charge in [-0.3, -0.25) is 14.8 Å². The van der Waals surface area contributed by atoms with E-state index in [1.807, 2.05) is 0 Å². The molecule has 0 saturated carbocycles. The molecule has 0 spiro atoms. The molecule has 2 unspecified atom stereocenters. The van der Waals surface area contributed by atoms with Gasteiger partial charge in [0, 0.05) is 17.0 Å². The van der Waals surface area contributed by atoms with Crippen molar-refractivity contribution < 1.29 is 24.5 Å². The number of carbonyl (C=O) groups excluding carboxylic acids is 3. The van der Waals surface area contributed by atoms with Crippen molar-refractivity contribution in [3.63, 3.8) is 0 Å². The van der Waals surface area contributed by atoms with E-state index < -0.39 is 11.8 Å². The summed E-state index contributed by atoms with van der Waals surface area (Å²) in [4.78, 5) is 40.4. The van der Waals surface area contributed by atoms with Crippen LogP contribution in [0.1, 0.15) is 33.6 Å². The zero-order valence-electron chi connectivity index (χ0n) is 13.7. The van der Waals surface area contributed by atoms with Crippen LogP contribution in [-0.2, 0) is 9.68 Å². The third-order valence-electron chi connectivity index (χ3n) is 4.09. The first-order valence-corrected chi connectivity index (χ1v) is 8.07.